The van der Waals surface area contributed by atoms with Crippen molar-refractivity contribution < 1.29 is 0 Å². The van der Waals surface area contributed by atoms with Gasteiger partial charge in [0, 0.05) is 30.2 Å². The average Bonchev–Trinajstić information content (AvgIpc) is 2.89. The molecule has 1 aromatic carbocycles. The van der Waals surface area contributed by atoms with Gasteiger partial charge in [-0.1, -0.05) is 29.8 Å². The number of rotatable bonds is 4. The Bertz CT molecular complexity index is 655. The van der Waals surface area contributed by atoms with Gasteiger partial charge in [-0.25, -0.2) is 4.98 Å². The number of nitrogens with zero attached hydrogens (tertiary/aromatic N) is 2. The second kappa shape index (κ2) is 5.15. The van der Waals surface area contributed by atoms with E-state index in [1.807, 2.05) is 11.6 Å². The predicted molar refractivity (Wildman–Crippen MR) is 79.6 cm³/mol. The SMILES string of the molecule is Cc1cccc(CC(N)Cc2cn3ccsc3n2)c1. The summed E-state index contributed by atoms with van der Waals surface area (Å²) in [6.45, 7) is 2.11. The zero-order valence-corrected chi connectivity index (χ0v) is 11.7. The topological polar surface area (TPSA) is 43.3 Å². The number of nitrogens with two attached hydrogens (primary N) is 1. The molecule has 0 spiro atoms. The maximum absolute atomic E-state index is 6.23. The first-order valence-electron chi connectivity index (χ1n) is 6.43. The minimum absolute atomic E-state index is 0.117. The van der Waals surface area contributed by atoms with Crippen LogP contribution in [-0.4, -0.2) is 15.4 Å². The van der Waals surface area contributed by atoms with Gasteiger partial charge in [0.15, 0.2) is 4.96 Å². The lowest BCUT2D eigenvalue weighted by atomic mass is 10.0. The van der Waals surface area contributed by atoms with E-state index in [1.165, 1.54) is 11.1 Å². The Morgan fingerprint density at radius 2 is 2.26 bits per heavy atom. The van der Waals surface area contributed by atoms with Crippen LogP contribution in [0.25, 0.3) is 4.96 Å². The predicted octanol–water partition coefficient (Wildman–Crippen LogP) is 2.82. The van der Waals surface area contributed by atoms with Gasteiger partial charge >= 0.3 is 0 Å². The molecule has 1 unspecified atom stereocenters. The molecule has 0 radical (unpaired) electrons. The van der Waals surface area contributed by atoms with Crippen LogP contribution >= 0.6 is 11.3 Å². The highest BCUT2D eigenvalue weighted by Gasteiger charge is 2.09. The third-order valence-electron chi connectivity index (χ3n) is 3.19. The van der Waals surface area contributed by atoms with Gasteiger partial charge in [-0.15, -0.1) is 11.3 Å². The van der Waals surface area contributed by atoms with Gasteiger partial charge in [0.05, 0.1) is 5.69 Å². The first-order valence-corrected chi connectivity index (χ1v) is 7.31. The lowest BCUT2D eigenvalue weighted by Gasteiger charge is -2.10. The summed E-state index contributed by atoms with van der Waals surface area (Å²) in [5.74, 6) is 0. The van der Waals surface area contributed by atoms with Crippen LogP contribution in [0.15, 0.2) is 42.0 Å². The Morgan fingerprint density at radius 1 is 1.37 bits per heavy atom. The molecule has 0 aliphatic rings. The molecule has 0 fully saturated rings. The molecular weight excluding hydrogens is 254 g/mol. The number of hydrogen-bond acceptors (Lipinski definition) is 3. The smallest absolute Gasteiger partial charge is 0.193 e. The highest BCUT2D eigenvalue weighted by Crippen LogP contribution is 2.14. The van der Waals surface area contributed by atoms with Gasteiger partial charge in [-0.2, -0.15) is 0 Å². The molecule has 0 amide bonds. The summed E-state index contributed by atoms with van der Waals surface area (Å²) in [5, 5.41) is 2.04. The van der Waals surface area contributed by atoms with Crippen LogP contribution in [0.1, 0.15) is 16.8 Å². The van der Waals surface area contributed by atoms with E-state index in [1.54, 1.807) is 11.3 Å². The normalized spacial score (nSPS) is 12.9. The quantitative estimate of drug-likeness (QED) is 0.793. The Hall–Kier alpha value is -1.65. The van der Waals surface area contributed by atoms with Gasteiger partial charge < -0.3 is 5.73 Å². The molecule has 0 saturated carbocycles. The third-order valence-corrected chi connectivity index (χ3v) is 3.97. The lowest BCUT2D eigenvalue weighted by molar-refractivity contribution is 0.656. The van der Waals surface area contributed by atoms with Crippen LogP contribution in [0.4, 0.5) is 0 Å². The number of benzene rings is 1. The molecular formula is C15H17N3S. The van der Waals surface area contributed by atoms with Crippen molar-refractivity contribution in [1.82, 2.24) is 9.38 Å². The molecule has 0 aliphatic heterocycles. The summed E-state index contributed by atoms with van der Waals surface area (Å²) in [7, 11) is 0. The summed E-state index contributed by atoms with van der Waals surface area (Å²) < 4.78 is 2.05. The summed E-state index contributed by atoms with van der Waals surface area (Å²) in [6, 6.07) is 8.65. The maximum atomic E-state index is 6.23. The van der Waals surface area contributed by atoms with Crippen LogP contribution in [0, 0.1) is 6.92 Å². The van der Waals surface area contributed by atoms with Crippen LogP contribution in [-0.2, 0) is 12.8 Å². The highest BCUT2D eigenvalue weighted by atomic mass is 32.1. The fourth-order valence-corrected chi connectivity index (χ4v) is 3.08. The average molecular weight is 271 g/mol. The van der Waals surface area contributed by atoms with E-state index < -0.39 is 0 Å². The Morgan fingerprint density at radius 3 is 3.05 bits per heavy atom. The zero-order valence-electron chi connectivity index (χ0n) is 10.9. The molecule has 19 heavy (non-hydrogen) atoms. The van der Waals surface area contributed by atoms with Gasteiger partial charge in [0.2, 0.25) is 0 Å². The highest BCUT2D eigenvalue weighted by molar-refractivity contribution is 7.15. The first kappa shape index (κ1) is 12.4. The summed E-state index contributed by atoms with van der Waals surface area (Å²) in [6.07, 6.45) is 5.82. The van der Waals surface area contributed by atoms with E-state index in [4.69, 9.17) is 5.73 Å². The molecule has 4 heteroatoms. The van der Waals surface area contributed by atoms with E-state index in [2.05, 4.69) is 46.8 Å². The van der Waals surface area contributed by atoms with Crippen molar-refractivity contribution >= 4 is 16.3 Å². The zero-order chi connectivity index (χ0) is 13.2. The van der Waals surface area contributed by atoms with Gasteiger partial charge in [-0.05, 0) is 18.9 Å². The number of imidazole rings is 1. The Kier molecular flexibility index (Phi) is 3.36. The number of hydrogen-bond donors (Lipinski definition) is 1. The Balaban J connectivity index is 1.68. The number of aromatic nitrogens is 2. The second-order valence-electron chi connectivity index (χ2n) is 4.98. The number of aryl methyl sites for hydroxylation is 1. The maximum Gasteiger partial charge on any atom is 0.193 e. The molecule has 3 rings (SSSR count). The monoisotopic (exact) mass is 271 g/mol. The minimum Gasteiger partial charge on any atom is -0.327 e. The van der Waals surface area contributed by atoms with Crippen LogP contribution in [0.2, 0.25) is 0 Å². The molecule has 0 aliphatic carbocycles. The van der Waals surface area contributed by atoms with Crippen molar-refractivity contribution in [2.24, 2.45) is 5.73 Å². The summed E-state index contributed by atoms with van der Waals surface area (Å²) in [4.78, 5) is 5.61. The van der Waals surface area contributed by atoms with E-state index >= 15 is 0 Å². The third kappa shape index (κ3) is 2.85. The van der Waals surface area contributed by atoms with E-state index in [0.717, 1.165) is 23.5 Å². The van der Waals surface area contributed by atoms with Gasteiger partial charge in [-0.3, -0.25) is 4.40 Å². The number of fused-ring (bicyclic) bond motifs is 1. The van der Waals surface area contributed by atoms with Crippen molar-refractivity contribution in [3.05, 3.63) is 58.9 Å². The van der Waals surface area contributed by atoms with Crippen LogP contribution in [0.5, 0.6) is 0 Å². The van der Waals surface area contributed by atoms with E-state index in [-0.39, 0.29) is 6.04 Å². The molecule has 0 saturated heterocycles. The molecule has 0 bridgehead atoms. The standard InChI is InChI=1S/C15H17N3S/c1-11-3-2-4-12(7-11)8-13(16)9-14-10-18-5-6-19-15(18)17-14/h2-7,10,13H,8-9,16H2,1H3. The minimum atomic E-state index is 0.117. The van der Waals surface area contributed by atoms with Gasteiger partial charge in [0.1, 0.15) is 0 Å². The lowest BCUT2D eigenvalue weighted by Crippen LogP contribution is -2.25. The summed E-state index contributed by atoms with van der Waals surface area (Å²) in [5.41, 5.74) is 9.89. The second-order valence-corrected chi connectivity index (χ2v) is 5.86. The molecule has 1 atom stereocenters. The Labute approximate surface area is 116 Å². The van der Waals surface area contributed by atoms with Crippen molar-refractivity contribution in [2.75, 3.05) is 0 Å². The molecule has 2 aromatic heterocycles. The largest absolute Gasteiger partial charge is 0.327 e. The first-order chi connectivity index (χ1) is 9.20. The van der Waals surface area contributed by atoms with Gasteiger partial charge in [0.25, 0.3) is 0 Å². The molecule has 3 nitrogen and oxygen atoms in total. The molecule has 2 heterocycles. The van der Waals surface area contributed by atoms with E-state index in [9.17, 15) is 0 Å². The fourth-order valence-electron chi connectivity index (χ4n) is 2.36. The van der Waals surface area contributed by atoms with Crippen LogP contribution in [0.3, 0.4) is 0 Å². The fraction of sp³-hybridized carbons (Fsp3) is 0.267. The van der Waals surface area contributed by atoms with Crippen molar-refractivity contribution in [3.63, 3.8) is 0 Å². The summed E-state index contributed by atoms with van der Waals surface area (Å²) >= 11 is 1.65. The van der Waals surface area contributed by atoms with E-state index in [0.29, 0.717) is 0 Å². The van der Waals surface area contributed by atoms with Crippen molar-refractivity contribution in [3.8, 4) is 0 Å². The molecule has 2 N–H and O–H groups in total. The van der Waals surface area contributed by atoms with Crippen molar-refractivity contribution in [2.45, 2.75) is 25.8 Å². The van der Waals surface area contributed by atoms with Crippen LogP contribution < -0.4 is 5.73 Å². The molecule has 98 valence electrons. The molecule has 3 aromatic rings. The van der Waals surface area contributed by atoms with Crippen molar-refractivity contribution in [1.29, 1.82) is 0 Å². The number of thiazole rings is 1.